The van der Waals surface area contributed by atoms with Gasteiger partial charge in [0, 0.05) is 35.8 Å². The van der Waals surface area contributed by atoms with Gasteiger partial charge in [-0.2, -0.15) is 0 Å². The van der Waals surface area contributed by atoms with Crippen LogP contribution >= 0.6 is 11.6 Å². The van der Waals surface area contributed by atoms with Crippen LogP contribution in [0.15, 0.2) is 48.9 Å². The van der Waals surface area contributed by atoms with Crippen molar-refractivity contribution in [2.45, 2.75) is 52.1 Å². The summed E-state index contributed by atoms with van der Waals surface area (Å²) >= 11 is 6.41. The summed E-state index contributed by atoms with van der Waals surface area (Å²) in [5.41, 5.74) is 5.04. The molecule has 1 aromatic heterocycles. The predicted octanol–water partition coefficient (Wildman–Crippen LogP) is 6.92. The number of carbonyl (C=O) groups excluding carboxylic acids is 1. The number of likely N-dealkylation sites (tertiary alicyclic amines) is 1. The Bertz CT molecular complexity index is 1100. The van der Waals surface area contributed by atoms with Gasteiger partial charge in [0.05, 0.1) is 18.6 Å². The molecule has 2 aliphatic rings. The minimum atomic E-state index is -0.493. The van der Waals surface area contributed by atoms with E-state index in [-0.39, 0.29) is 12.0 Å². The van der Waals surface area contributed by atoms with Gasteiger partial charge in [-0.3, -0.25) is 4.98 Å². The third kappa shape index (κ3) is 5.47. The van der Waals surface area contributed by atoms with Gasteiger partial charge in [-0.25, -0.2) is 4.79 Å². The van der Waals surface area contributed by atoms with E-state index >= 15 is 0 Å². The zero-order valence-corrected chi connectivity index (χ0v) is 21.1. The number of pyridine rings is 1. The topological polar surface area (TPSA) is 51.7 Å². The standard InChI is InChI=1S/C28H33ClN2O3/c1-5-33-16-12-20-17-21-18-22(29)8-9-23(21)25(26-24(20)7-6-13-30-26)19-10-14-31(15-11-19)27(32)34-28(2,3)4/h6-9,12-13,16-19,25H,5,10-11,14-15H2,1-4H3/b16-12-. The highest BCUT2D eigenvalue weighted by molar-refractivity contribution is 6.30. The quantitative estimate of drug-likeness (QED) is 0.446. The first-order valence-electron chi connectivity index (χ1n) is 12.0. The van der Waals surface area contributed by atoms with E-state index in [1.165, 1.54) is 5.56 Å². The number of nitrogens with zero attached hydrogens (tertiary/aromatic N) is 2. The summed E-state index contributed by atoms with van der Waals surface area (Å²) in [6, 6.07) is 10.2. The van der Waals surface area contributed by atoms with E-state index in [9.17, 15) is 4.79 Å². The molecule has 1 amide bonds. The fourth-order valence-electron chi connectivity index (χ4n) is 4.83. The highest BCUT2D eigenvalue weighted by Gasteiger charge is 2.36. The van der Waals surface area contributed by atoms with Crippen LogP contribution in [0.2, 0.25) is 5.02 Å². The van der Waals surface area contributed by atoms with Crippen molar-refractivity contribution in [1.82, 2.24) is 9.88 Å². The van der Waals surface area contributed by atoms with Crippen LogP contribution in [-0.4, -0.2) is 41.3 Å². The molecule has 6 heteroatoms. The number of benzene rings is 1. The molecule has 1 atom stereocenters. The monoisotopic (exact) mass is 480 g/mol. The summed E-state index contributed by atoms with van der Waals surface area (Å²) in [7, 11) is 0. The van der Waals surface area contributed by atoms with Crippen LogP contribution in [0.5, 0.6) is 0 Å². The Morgan fingerprint density at radius 3 is 2.71 bits per heavy atom. The van der Waals surface area contributed by atoms with Gasteiger partial charge in [0.25, 0.3) is 0 Å². The lowest BCUT2D eigenvalue weighted by Crippen LogP contribution is -2.42. The highest BCUT2D eigenvalue weighted by Crippen LogP contribution is 2.45. The Balaban J connectivity index is 1.68. The molecule has 0 N–H and O–H groups in total. The molecule has 1 fully saturated rings. The lowest BCUT2D eigenvalue weighted by Gasteiger charge is -2.37. The molecule has 1 unspecified atom stereocenters. The van der Waals surface area contributed by atoms with Crippen molar-refractivity contribution in [2.75, 3.05) is 19.7 Å². The van der Waals surface area contributed by atoms with Crippen molar-refractivity contribution in [2.24, 2.45) is 5.92 Å². The number of rotatable bonds is 4. The summed E-state index contributed by atoms with van der Waals surface area (Å²) in [5.74, 6) is 0.453. The van der Waals surface area contributed by atoms with Crippen molar-refractivity contribution < 1.29 is 14.3 Å². The number of ether oxygens (including phenoxy) is 2. The molecule has 0 saturated carbocycles. The number of fused-ring (bicyclic) bond motifs is 2. The number of halogens is 1. The number of aromatic nitrogens is 1. The molecule has 1 saturated heterocycles. The minimum absolute atomic E-state index is 0.110. The maximum absolute atomic E-state index is 12.6. The van der Waals surface area contributed by atoms with E-state index in [2.05, 4.69) is 18.2 Å². The zero-order chi connectivity index (χ0) is 24.3. The average molecular weight is 481 g/mol. The van der Waals surface area contributed by atoms with Crippen LogP contribution in [0.3, 0.4) is 0 Å². The third-order valence-corrected chi connectivity index (χ3v) is 6.55. The molecule has 180 valence electrons. The summed E-state index contributed by atoms with van der Waals surface area (Å²) in [5, 5.41) is 0.709. The van der Waals surface area contributed by atoms with Gasteiger partial charge in [0.2, 0.25) is 0 Å². The van der Waals surface area contributed by atoms with Crippen LogP contribution < -0.4 is 0 Å². The number of amides is 1. The lowest BCUT2D eigenvalue weighted by atomic mass is 9.76. The van der Waals surface area contributed by atoms with Gasteiger partial charge in [0.1, 0.15) is 5.60 Å². The van der Waals surface area contributed by atoms with E-state index in [4.69, 9.17) is 26.1 Å². The second-order valence-corrected chi connectivity index (χ2v) is 10.3. The largest absolute Gasteiger partial charge is 0.501 e. The summed E-state index contributed by atoms with van der Waals surface area (Å²) in [4.78, 5) is 19.3. The van der Waals surface area contributed by atoms with Gasteiger partial charge in [0.15, 0.2) is 0 Å². The Labute approximate surface area is 207 Å². The summed E-state index contributed by atoms with van der Waals surface area (Å²) in [6.07, 6.45) is 9.31. The van der Waals surface area contributed by atoms with Crippen LogP contribution in [0.4, 0.5) is 4.79 Å². The molecule has 0 bridgehead atoms. The van der Waals surface area contributed by atoms with E-state index in [1.54, 1.807) is 6.26 Å². The number of allylic oxidation sites excluding steroid dienone is 2. The van der Waals surface area contributed by atoms with E-state index in [0.29, 0.717) is 30.6 Å². The van der Waals surface area contributed by atoms with E-state index in [0.717, 1.165) is 35.2 Å². The summed E-state index contributed by atoms with van der Waals surface area (Å²) in [6.45, 7) is 9.63. The molecule has 2 aromatic rings. The summed E-state index contributed by atoms with van der Waals surface area (Å²) < 4.78 is 11.1. The van der Waals surface area contributed by atoms with Crippen LogP contribution in [-0.2, 0) is 9.47 Å². The van der Waals surface area contributed by atoms with Crippen molar-refractivity contribution >= 4 is 29.3 Å². The number of hydrogen-bond donors (Lipinski definition) is 0. The normalized spacial score (nSPS) is 18.7. The van der Waals surface area contributed by atoms with Crippen molar-refractivity contribution in [3.63, 3.8) is 0 Å². The SMILES string of the molecule is CCO/C=C\C1=Cc2cc(Cl)ccc2C(C2CCN(C(=O)OC(C)(C)C)CC2)c2ncccc21. The Morgan fingerprint density at radius 1 is 1.24 bits per heavy atom. The molecule has 0 radical (unpaired) electrons. The fourth-order valence-corrected chi connectivity index (χ4v) is 5.01. The second-order valence-electron chi connectivity index (χ2n) is 9.85. The fraction of sp³-hybridized carbons (Fsp3) is 0.429. The van der Waals surface area contributed by atoms with Gasteiger partial charge < -0.3 is 14.4 Å². The third-order valence-electron chi connectivity index (χ3n) is 6.31. The van der Waals surface area contributed by atoms with Crippen molar-refractivity contribution in [3.05, 3.63) is 76.3 Å². The maximum Gasteiger partial charge on any atom is 0.410 e. The predicted molar refractivity (Wildman–Crippen MR) is 137 cm³/mol. The van der Waals surface area contributed by atoms with Gasteiger partial charge in [-0.15, -0.1) is 0 Å². The molecule has 0 spiro atoms. The first kappa shape index (κ1) is 24.3. The first-order chi connectivity index (χ1) is 16.3. The van der Waals surface area contributed by atoms with Crippen LogP contribution in [0, 0.1) is 5.92 Å². The Kier molecular flexibility index (Phi) is 7.32. The molecular formula is C28H33ClN2O3. The van der Waals surface area contributed by atoms with Gasteiger partial charge >= 0.3 is 6.09 Å². The molecule has 1 aromatic carbocycles. The zero-order valence-electron chi connectivity index (χ0n) is 20.4. The average Bonchev–Trinajstić information content (AvgIpc) is 2.92. The van der Waals surface area contributed by atoms with Crippen molar-refractivity contribution in [3.8, 4) is 0 Å². The van der Waals surface area contributed by atoms with E-state index < -0.39 is 5.60 Å². The van der Waals surface area contributed by atoms with Crippen molar-refractivity contribution in [1.29, 1.82) is 0 Å². The molecular weight excluding hydrogens is 448 g/mol. The number of piperidine rings is 1. The smallest absolute Gasteiger partial charge is 0.410 e. The second kappa shape index (κ2) is 10.2. The highest BCUT2D eigenvalue weighted by atomic mass is 35.5. The Hall–Kier alpha value is -2.79. The van der Waals surface area contributed by atoms with Gasteiger partial charge in [-0.1, -0.05) is 23.7 Å². The van der Waals surface area contributed by atoms with Crippen LogP contribution in [0.25, 0.3) is 11.6 Å². The maximum atomic E-state index is 12.6. The molecule has 2 heterocycles. The van der Waals surface area contributed by atoms with Crippen LogP contribution in [0.1, 0.15) is 68.8 Å². The molecule has 34 heavy (non-hydrogen) atoms. The van der Waals surface area contributed by atoms with E-state index in [1.807, 2.05) is 63.1 Å². The van der Waals surface area contributed by atoms with Gasteiger partial charge in [-0.05, 0) is 93.5 Å². The number of carbonyl (C=O) groups is 1. The first-order valence-corrected chi connectivity index (χ1v) is 12.4. The molecule has 1 aliphatic carbocycles. The number of hydrogen-bond acceptors (Lipinski definition) is 4. The molecule has 1 aliphatic heterocycles. The Morgan fingerprint density at radius 2 is 2.00 bits per heavy atom. The molecule has 4 rings (SSSR count). The lowest BCUT2D eigenvalue weighted by molar-refractivity contribution is 0.0178. The molecule has 5 nitrogen and oxygen atoms in total. The minimum Gasteiger partial charge on any atom is -0.501 e.